The topological polar surface area (TPSA) is 0 Å². The van der Waals surface area contributed by atoms with Crippen molar-refractivity contribution in [2.75, 3.05) is 0 Å². The van der Waals surface area contributed by atoms with Crippen molar-refractivity contribution in [1.82, 2.24) is 0 Å². The van der Waals surface area contributed by atoms with Crippen LogP contribution >= 0.6 is 0 Å². The van der Waals surface area contributed by atoms with E-state index < -0.39 is 0 Å². The Balaban J connectivity index is 1.21. The molecule has 256 valence electrons. The first-order valence-electron chi connectivity index (χ1n) is 19.0. The Hall–Kier alpha value is -5.46. The van der Waals surface area contributed by atoms with Crippen LogP contribution in [0.25, 0.3) is 5.57 Å². The monoisotopic (exact) mass is 672 g/mol. The maximum absolute atomic E-state index is 4.16. The van der Waals surface area contributed by atoms with Crippen LogP contribution in [0.4, 0.5) is 0 Å². The van der Waals surface area contributed by atoms with Gasteiger partial charge in [0.25, 0.3) is 0 Å². The highest BCUT2D eigenvalue weighted by atomic mass is 14.4. The fourth-order valence-electron chi connectivity index (χ4n) is 9.63. The Bertz CT molecular complexity index is 2210. The number of hydrogen-bond acceptors (Lipinski definition) is 0. The van der Waals surface area contributed by atoms with Gasteiger partial charge in [-0.25, -0.2) is 0 Å². The van der Waals surface area contributed by atoms with Gasteiger partial charge in [-0.05, 0) is 100 Å². The van der Waals surface area contributed by atoms with Gasteiger partial charge in [0, 0.05) is 23.7 Å². The van der Waals surface area contributed by atoms with Crippen molar-refractivity contribution in [2.45, 2.75) is 50.9 Å². The number of fused-ring (bicyclic) bond motifs is 2. The Kier molecular flexibility index (Phi) is 9.48. The minimum Gasteiger partial charge on any atom is -0.0984 e. The van der Waals surface area contributed by atoms with Crippen molar-refractivity contribution >= 4 is 5.57 Å². The first-order valence-corrected chi connectivity index (χ1v) is 19.0. The highest BCUT2D eigenvalue weighted by Gasteiger charge is 2.41. The first kappa shape index (κ1) is 33.7. The highest BCUT2D eigenvalue weighted by Crippen LogP contribution is 2.54. The van der Waals surface area contributed by atoms with Gasteiger partial charge in [-0.15, -0.1) is 0 Å². The van der Waals surface area contributed by atoms with Crippen molar-refractivity contribution in [3.63, 3.8) is 0 Å². The van der Waals surface area contributed by atoms with E-state index in [4.69, 9.17) is 0 Å². The van der Waals surface area contributed by atoms with Gasteiger partial charge >= 0.3 is 0 Å². The second-order valence-electron chi connectivity index (χ2n) is 14.7. The van der Waals surface area contributed by atoms with Gasteiger partial charge in [0.2, 0.25) is 0 Å². The largest absolute Gasteiger partial charge is 0.0984 e. The third kappa shape index (κ3) is 6.01. The van der Waals surface area contributed by atoms with Gasteiger partial charge in [0.05, 0.1) is 0 Å². The molecule has 2 bridgehead atoms. The summed E-state index contributed by atoms with van der Waals surface area (Å²) in [6.07, 6.45) is 33.0. The first-order chi connectivity index (χ1) is 25.6. The average molecular weight is 673 g/mol. The highest BCUT2D eigenvalue weighted by molar-refractivity contribution is 5.80. The molecule has 3 aromatic rings. The van der Waals surface area contributed by atoms with Gasteiger partial charge in [-0.2, -0.15) is 0 Å². The molecule has 0 radical (unpaired) electrons. The predicted molar refractivity (Wildman–Crippen MR) is 222 cm³/mol. The molecule has 5 aliphatic rings. The number of rotatable bonds is 9. The van der Waals surface area contributed by atoms with Crippen LogP contribution in [0.15, 0.2) is 222 Å². The van der Waals surface area contributed by atoms with Crippen LogP contribution in [0.5, 0.6) is 0 Å². The Morgan fingerprint density at radius 2 is 1.52 bits per heavy atom. The zero-order chi connectivity index (χ0) is 35.6. The van der Waals surface area contributed by atoms with Crippen LogP contribution in [0.1, 0.15) is 73.1 Å². The fourth-order valence-corrected chi connectivity index (χ4v) is 9.63. The lowest BCUT2D eigenvalue weighted by Crippen LogP contribution is -2.22. The molecular weight excluding hydrogens is 625 g/mol. The van der Waals surface area contributed by atoms with Crippen molar-refractivity contribution in [3.8, 4) is 0 Å². The predicted octanol–water partition coefficient (Wildman–Crippen LogP) is 13.6. The third-order valence-electron chi connectivity index (χ3n) is 12.0. The van der Waals surface area contributed by atoms with Crippen LogP contribution in [-0.2, 0) is 0 Å². The van der Waals surface area contributed by atoms with Crippen molar-refractivity contribution in [3.05, 3.63) is 244 Å². The molecular formula is C52H48. The summed E-state index contributed by atoms with van der Waals surface area (Å²) < 4.78 is 0. The molecule has 5 unspecified atom stereocenters. The summed E-state index contributed by atoms with van der Waals surface area (Å²) in [6.45, 7) is 12.7. The van der Waals surface area contributed by atoms with E-state index in [9.17, 15) is 0 Å². The van der Waals surface area contributed by atoms with Crippen LogP contribution in [0, 0.1) is 11.8 Å². The molecule has 0 aliphatic heterocycles. The summed E-state index contributed by atoms with van der Waals surface area (Å²) in [5, 5.41) is 0. The number of allylic oxidation sites excluding steroid dienone is 22. The van der Waals surface area contributed by atoms with E-state index >= 15 is 0 Å². The van der Waals surface area contributed by atoms with Gasteiger partial charge in [-0.3, -0.25) is 0 Å². The maximum Gasteiger partial charge on any atom is 0.0304 e. The second-order valence-corrected chi connectivity index (χ2v) is 14.7. The molecule has 0 fully saturated rings. The zero-order valence-corrected chi connectivity index (χ0v) is 30.5. The Morgan fingerprint density at radius 3 is 2.23 bits per heavy atom. The standard InChI is InChI=1S/C52H48/c1-5-17-44-35(4)45-25-16-27-47-49(33-32-48(44)52(45)47)51(38-20-12-9-13-21-38)40-30-28-39(29-31-40)50(37-18-10-8-11-19-37)46-26-15-22-36(6-2)43(7-3)41-23-14-24-42(46)34-41/h5-25,27-28,30,32-34,46,48,50-52H,2-3,26,29,31H2,1,4H3/b17-5-,22-15?,43-36?. The van der Waals surface area contributed by atoms with Crippen molar-refractivity contribution < 1.29 is 0 Å². The third-order valence-corrected chi connectivity index (χ3v) is 12.0. The molecule has 3 aromatic carbocycles. The molecule has 0 heterocycles. The van der Waals surface area contributed by atoms with E-state index in [-0.39, 0.29) is 11.8 Å². The summed E-state index contributed by atoms with van der Waals surface area (Å²) in [5.74, 6) is 1.56. The molecule has 0 amide bonds. The van der Waals surface area contributed by atoms with E-state index in [1.807, 2.05) is 12.2 Å². The lowest BCUT2D eigenvalue weighted by atomic mass is 9.68. The van der Waals surface area contributed by atoms with Crippen LogP contribution in [0.2, 0.25) is 0 Å². The normalized spacial score (nSPS) is 23.3. The fraction of sp³-hybridized carbons (Fsp3) is 0.192. The Morgan fingerprint density at radius 1 is 0.769 bits per heavy atom. The summed E-state index contributed by atoms with van der Waals surface area (Å²) in [6, 6.07) is 31.5. The van der Waals surface area contributed by atoms with Crippen LogP contribution < -0.4 is 0 Å². The van der Waals surface area contributed by atoms with Gasteiger partial charge in [-0.1, -0.05) is 188 Å². The molecule has 5 aliphatic carbocycles. The molecule has 0 spiro atoms. The zero-order valence-electron chi connectivity index (χ0n) is 30.5. The number of benzene rings is 3. The summed E-state index contributed by atoms with van der Waals surface area (Å²) in [7, 11) is 0. The van der Waals surface area contributed by atoms with E-state index in [0.29, 0.717) is 17.8 Å². The molecule has 52 heavy (non-hydrogen) atoms. The molecule has 0 saturated carbocycles. The van der Waals surface area contributed by atoms with Gasteiger partial charge < -0.3 is 0 Å². The van der Waals surface area contributed by atoms with Crippen LogP contribution in [0.3, 0.4) is 0 Å². The van der Waals surface area contributed by atoms with Crippen LogP contribution in [-0.4, -0.2) is 0 Å². The molecule has 0 saturated heterocycles. The molecule has 0 heteroatoms. The van der Waals surface area contributed by atoms with E-state index in [1.54, 1.807) is 0 Å². The van der Waals surface area contributed by atoms with E-state index in [0.717, 1.165) is 30.4 Å². The smallest absolute Gasteiger partial charge is 0.0304 e. The lowest BCUT2D eigenvalue weighted by Gasteiger charge is -2.36. The molecule has 8 rings (SSSR count). The van der Waals surface area contributed by atoms with Crippen molar-refractivity contribution in [2.24, 2.45) is 11.8 Å². The Labute approximate surface area is 311 Å². The SMILES string of the molecule is C=CC1=C(C=C)c2cccc(c2)C(C(C2=CC=C(C(C3=C4C=CC=C5C(C)=C(/C=C\C)C(C=C3)C54)c3ccccc3)CC2)c2ccccc2)CC=C1. The number of hydrogen-bond donors (Lipinski definition) is 0. The lowest BCUT2D eigenvalue weighted by molar-refractivity contribution is 0.576. The second kappa shape index (κ2) is 14.6. The van der Waals surface area contributed by atoms with Gasteiger partial charge in [0.15, 0.2) is 0 Å². The quantitative estimate of drug-likeness (QED) is 0.212. The molecule has 0 nitrogen and oxygen atoms in total. The summed E-state index contributed by atoms with van der Waals surface area (Å²) >= 11 is 0. The summed E-state index contributed by atoms with van der Waals surface area (Å²) in [4.78, 5) is 0. The average Bonchev–Trinajstić information content (AvgIpc) is 3.49. The van der Waals surface area contributed by atoms with Crippen molar-refractivity contribution in [1.29, 1.82) is 0 Å². The molecule has 0 aromatic heterocycles. The van der Waals surface area contributed by atoms with E-state index in [1.165, 1.54) is 61.3 Å². The molecule has 0 N–H and O–H groups in total. The van der Waals surface area contributed by atoms with E-state index in [2.05, 4.69) is 179 Å². The minimum atomic E-state index is 0.210. The minimum absolute atomic E-state index is 0.210. The molecule has 5 atom stereocenters. The maximum atomic E-state index is 4.16. The summed E-state index contributed by atoms with van der Waals surface area (Å²) in [5.41, 5.74) is 17.9. The van der Waals surface area contributed by atoms with Gasteiger partial charge in [0.1, 0.15) is 0 Å².